The van der Waals surface area contributed by atoms with Gasteiger partial charge in [-0.05, 0) is 44.0 Å². The number of benzene rings is 2. The summed E-state index contributed by atoms with van der Waals surface area (Å²) in [5.74, 6) is -0.314. The Labute approximate surface area is 197 Å². The van der Waals surface area contributed by atoms with E-state index in [4.69, 9.17) is 4.52 Å². The van der Waals surface area contributed by atoms with Crippen LogP contribution in [0.3, 0.4) is 0 Å². The number of aryl methyl sites for hydroxylation is 1. The van der Waals surface area contributed by atoms with Gasteiger partial charge in [0.2, 0.25) is 11.7 Å². The first-order valence-electron chi connectivity index (χ1n) is 10.8. The van der Waals surface area contributed by atoms with E-state index >= 15 is 0 Å². The van der Waals surface area contributed by atoms with Crippen molar-refractivity contribution in [1.82, 2.24) is 30.0 Å². The monoisotopic (exact) mass is 484 g/mol. The number of hydrogen-bond acceptors (Lipinski definition) is 7. The van der Waals surface area contributed by atoms with Gasteiger partial charge in [-0.3, -0.25) is 4.79 Å². The first-order chi connectivity index (χ1) is 16.8. The molecule has 1 aliphatic rings. The maximum Gasteiger partial charge on any atom is 0.573 e. The lowest BCUT2D eigenvalue weighted by Gasteiger charge is -2.23. The van der Waals surface area contributed by atoms with E-state index in [-0.39, 0.29) is 17.6 Å². The highest BCUT2D eigenvalue weighted by Crippen LogP contribution is 2.35. The number of hydrogen-bond donors (Lipinski definition) is 0. The van der Waals surface area contributed by atoms with E-state index in [1.54, 1.807) is 23.1 Å². The highest BCUT2D eigenvalue weighted by molar-refractivity contribution is 5.98. The summed E-state index contributed by atoms with van der Waals surface area (Å²) in [6.07, 6.45) is -0.426. The largest absolute Gasteiger partial charge is 0.573 e. The molecule has 9 nitrogen and oxygen atoms in total. The molecular weight excluding hydrogens is 465 g/mol. The fourth-order valence-electron chi connectivity index (χ4n) is 4.08. The lowest BCUT2D eigenvalue weighted by Crippen LogP contribution is -2.31. The van der Waals surface area contributed by atoms with Crippen LogP contribution in [-0.2, 0) is 0 Å². The summed E-state index contributed by atoms with van der Waals surface area (Å²) in [5, 5.41) is 12.2. The molecule has 2 aromatic heterocycles. The third-order valence-electron chi connectivity index (χ3n) is 5.58. The number of amides is 1. The van der Waals surface area contributed by atoms with Crippen LogP contribution in [-0.4, -0.2) is 48.8 Å². The number of carbonyl (C=O) groups excluding carboxylic acids is 1. The van der Waals surface area contributed by atoms with Gasteiger partial charge in [-0.1, -0.05) is 28.9 Å². The highest BCUT2D eigenvalue weighted by Gasteiger charge is 2.36. The van der Waals surface area contributed by atoms with Gasteiger partial charge in [-0.2, -0.15) is 20.0 Å². The Hall–Kier alpha value is -4.22. The number of alkyl halides is 3. The smallest absolute Gasteiger partial charge is 0.406 e. The van der Waals surface area contributed by atoms with Crippen LogP contribution in [0.25, 0.3) is 17.1 Å². The fourth-order valence-corrected chi connectivity index (χ4v) is 4.08. The van der Waals surface area contributed by atoms with Gasteiger partial charge in [0.05, 0.1) is 23.6 Å². The highest BCUT2D eigenvalue weighted by atomic mass is 19.4. The van der Waals surface area contributed by atoms with Crippen molar-refractivity contribution in [2.45, 2.75) is 32.2 Å². The molecule has 1 fully saturated rings. The molecule has 0 bridgehead atoms. The molecule has 180 valence electrons. The number of aromatic nitrogens is 5. The third kappa shape index (κ3) is 4.72. The predicted molar refractivity (Wildman–Crippen MR) is 116 cm³/mol. The van der Waals surface area contributed by atoms with Crippen molar-refractivity contribution in [3.63, 3.8) is 0 Å². The molecule has 12 heteroatoms. The fraction of sp³-hybridized carbons (Fsp3) is 0.261. The van der Waals surface area contributed by atoms with Crippen molar-refractivity contribution in [3.8, 4) is 22.8 Å². The summed E-state index contributed by atoms with van der Waals surface area (Å²) in [5.41, 5.74) is 2.18. The molecule has 0 N–H and O–H groups in total. The quantitative estimate of drug-likeness (QED) is 0.411. The Morgan fingerprint density at radius 2 is 1.94 bits per heavy atom. The van der Waals surface area contributed by atoms with Gasteiger partial charge in [0.25, 0.3) is 5.91 Å². The van der Waals surface area contributed by atoms with E-state index in [2.05, 4.69) is 25.1 Å². The zero-order chi connectivity index (χ0) is 24.6. The zero-order valence-electron chi connectivity index (χ0n) is 18.4. The van der Waals surface area contributed by atoms with Gasteiger partial charge >= 0.3 is 6.36 Å². The number of rotatable bonds is 5. The Bertz CT molecular complexity index is 1350. The van der Waals surface area contributed by atoms with Crippen molar-refractivity contribution >= 4 is 5.91 Å². The molecule has 3 heterocycles. The normalized spacial score (nSPS) is 16.0. The average molecular weight is 484 g/mol. The lowest BCUT2D eigenvalue weighted by molar-refractivity contribution is -0.274. The lowest BCUT2D eigenvalue weighted by atomic mass is 10.1. The van der Waals surface area contributed by atoms with Gasteiger partial charge in [-0.25, -0.2) is 0 Å². The van der Waals surface area contributed by atoms with Crippen LogP contribution in [0.5, 0.6) is 5.75 Å². The minimum Gasteiger partial charge on any atom is -0.406 e. The van der Waals surface area contributed by atoms with E-state index in [9.17, 15) is 18.0 Å². The Balaban J connectivity index is 1.42. The molecule has 5 rings (SSSR count). The molecule has 0 radical (unpaired) electrons. The standard InChI is InChI=1S/C23H19F3N6O3/c1-14-7-8-18(32-27-9-10-28-32)17(12-14)22(33)31-11-3-6-19(31)21-29-20(30-35-21)15-4-2-5-16(13-15)34-23(24,25)26/h2,4-5,7-10,12-13,19H,3,6,11H2,1H3. The maximum absolute atomic E-state index is 13.6. The van der Waals surface area contributed by atoms with E-state index in [1.165, 1.54) is 35.4 Å². The van der Waals surface area contributed by atoms with E-state index < -0.39 is 18.2 Å². The molecule has 1 aliphatic heterocycles. The first kappa shape index (κ1) is 22.6. The number of likely N-dealkylation sites (tertiary alicyclic amines) is 1. The second-order valence-corrected chi connectivity index (χ2v) is 8.03. The molecular formula is C23H19F3N6O3. The van der Waals surface area contributed by atoms with Crippen molar-refractivity contribution in [1.29, 1.82) is 0 Å². The number of halogens is 3. The van der Waals surface area contributed by atoms with Gasteiger partial charge in [0, 0.05) is 12.1 Å². The second-order valence-electron chi connectivity index (χ2n) is 8.03. The second kappa shape index (κ2) is 8.85. The van der Waals surface area contributed by atoms with Crippen molar-refractivity contribution in [2.24, 2.45) is 0 Å². The molecule has 2 aromatic carbocycles. The minimum atomic E-state index is -4.81. The molecule has 1 unspecified atom stereocenters. The molecule has 0 aliphatic carbocycles. The molecule has 1 amide bonds. The Morgan fingerprint density at radius 3 is 2.71 bits per heavy atom. The van der Waals surface area contributed by atoms with Crippen LogP contribution in [0.2, 0.25) is 0 Å². The van der Waals surface area contributed by atoms with Gasteiger partial charge in [-0.15, -0.1) is 13.2 Å². The summed E-state index contributed by atoms with van der Waals surface area (Å²) in [7, 11) is 0. The molecule has 35 heavy (non-hydrogen) atoms. The van der Waals surface area contributed by atoms with Crippen LogP contribution in [0.4, 0.5) is 13.2 Å². The molecule has 1 atom stereocenters. The van der Waals surface area contributed by atoms with Gasteiger partial charge in [0.15, 0.2) is 0 Å². The Kier molecular flexibility index (Phi) is 5.71. The summed E-state index contributed by atoms with van der Waals surface area (Å²) in [4.78, 5) is 21.0. The zero-order valence-corrected chi connectivity index (χ0v) is 18.4. The number of ether oxygens (including phenoxy) is 1. The third-order valence-corrected chi connectivity index (χ3v) is 5.58. The summed E-state index contributed by atoms with van der Waals surface area (Å²) < 4.78 is 47.1. The average Bonchev–Trinajstić information content (AvgIpc) is 3.59. The van der Waals surface area contributed by atoms with Crippen LogP contribution < -0.4 is 4.74 Å². The Morgan fingerprint density at radius 1 is 1.14 bits per heavy atom. The minimum absolute atomic E-state index is 0.101. The van der Waals surface area contributed by atoms with Gasteiger partial charge < -0.3 is 14.2 Å². The predicted octanol–water partition coefficient (Wildman–Crippen LogP) is 4.50. The van der Waals surface area contributed by atoms with Crippen molar-refractivity contribution < 1.29 is 27.2 Å². The molecule has 0 spiro atoms. The molecule has 0 saturated carbocycles. The summed E-state index contributed by atoms with van der Waals surface area (Å²) >= 11 is 0. The maximum atomic E-state index is 13.6. The number of carbonyl (C=O) groups is 1. The van der Waals surface area contributed by atoms with Crippen LogP contribution in [0.1, 0.15) is 40.7 Å². The first-order valence-corrected chi connectivity index (χ1v) is 10.8. The van der Waals surface area contributed by atoms with Crippen LogP contribution in [0, 0.1) is 6.92 Å². The van der Waals surface area contributed by atoms with Crippen molar-refractivity contribution in [2.75, 3.05) is 6.54 Å². The number of nitrogens with zero attached hydrogens (tertiary/aromatic N) is 6. The summed E-state index contributed by atoms with van der Waals surface area (Å²) in [6, 6.07) is 10.3. The molecule has 4 aromatic rings. The van der Waals surface area contributed by atoms with Crippen LogP contribution in [0.15, 0.2) is 59.4 Å². The van der Waals surface area contributed by atoms with Crippen molar-refractivity contribution in [3.05, 3.63) is 71.9 Å². The SMILES string of the molecule is Cc1ccc(-n2nccn2)c(C(=O)N2CCCC2c2nc(-c3cccc(OC(F)(F)F)c3)no2)c1. The van der Waals surface area contributed by atoms with E-state index in [0.717, 1.165) is 12.0 Å². The van der Waals surface area contributed by atoms with E-state index in [1.807, 2.05) is 13.0 Å². The van der Waals surface area contributed by atoms with Gasteiger partial charge in [0.1, 0.15) is 11.8 Å². The molecule has 1 saturated heterocycles. The van der Waals surface area contributed by atoms with E-state index in [0.29, 0.717) is 29.8 Å². The topological polar surface area (TPSA) is 99.2 Å². The van der Waals surface area contributed by atoms with Crippen LogP contribution >= 0.6 is 0 Å². The summed E-state index contributed by atoms with van der Waals surface area (Å²) in [6.45, 7) is 2.37.